The molecule has 2 aromatic rings. The third-order valence-electron chi connectivity index (χ3n) is 4.40. The van der Waals surface area contributed by atoms with Crippen molar-refractivity contribution in [2.24, 2.45) is 5.41 Å². The predicted molar refractivity (Wildman–Crippen MR) is 99.4 cm³/mol. The maximum Gasteiger partial charge on any atom is 0.341 e. The molecule has 2 atom stereocenters. The average Bonchev–Trinajstić information content (AvgIpc) is 2.99. The maximum atomic E-state index is 12.3. The summed E-state index contributed by atoms with van der Waals surface area (Å²) in [5, 5.41) is 28.8. The number of aliphatic carboxylic acids is 3. The van der Waals surface area contributed by atoms with Crippen molar-refractivity contribution in [1.82, 2.24) is 4.98 Å². The minimum atomic E-state index is -1.74. The number of thioether (sulfide) groups is 1. The second-order valence-electron chi connectivity index (χ2n) is 6.18. The fraction of sp³-hybridized carbons (Fsp3) is 0.294. The molecular weight excluding hydrogens is 410 g/mol. The molecule has 1 aliphatic rings. The Morgan fingerprint density at radius 1 is 1.18 bits per heavy atom. The number of H-pyrrole nitrogens is 1. The van der Waals surface area contributed by atoms with Crippen LogP contribution in [0.5, 0.6) is 5.75 Å². The van der Waals surface area contributed by atoms with Gasteiger partial charge < -0.3 is 25.0 Å². The number of carboxylic acids is 3. The number of aromatic nitrogens is 1. The van der Waals surface area contributed by atoms with Crippen LogP contribution in [-0.4, -0.2) is 50.6 Å². The smallest absolute Gasteiger partial charge is 0.341 e. The summed E-state index contributed by atoms with van der Waals surface area (Å²) in [6, 6.07) is 6.26. The van der Waals surface area contributed by atoms with E-state index in [0.717, 1.165) is 23.1 Å². The van der Waals surface area contributed by atoms with Crippen LogP contribution < -0.4 is 9.61 Å². The lowest BCUT2D eigenvalue weighted by Gasteiger charge is -2.39. The van der Waals surface area contributed by atoms with E-state index in [-0.39, 0.29) is 16.4 Å². The average molecular weight is 425 g/mol. The van der Waals surface area contributed by atoms with Gasteiger partial charge in [-0.25, -0.2) is 4.79 Å². The second kappa shape index (κ2) is 7.68. The fourth-order valence-electron chi connectivity index (χ4n) is 3.27. The Balaban J connectivity index is 2.23. The van der Waals surface area contributed by atoms with E-state index >= 15 is 0 Å². The van der Waals surface area contributed by atoms with E-state index in [0.29, 0.717) is 15.5 Å². The van der Waals surface area contributed by atoms with Crippen molar-refractivity contribution < 1.29 is 34.4 Å². The Bertz CT molecular complexity index is 997. The molecular formula is C17H15NO8S2. The Labute approximate surface area is 166 Å². The summed E-state index contributed by atoms with van der Waals surface area (Å²) in [5.74, 6) is -4.76. The Hall–Kier alpha value is -2.79. The van der Waals surface area contributed by atoms with E-state index in [1.165, 1.54) is 6.07 Å². The molecule has 0 radical (unpaired) electrons. The van der Waals surface area contributed by atoms with Crippen LogP contribution in [0.4, 0.5) is 0 Å². The van der Waals surface area contributed by atoms with Crippen LogP contribution in [0.3, 0.4) is 0 Å². The predicted octanol–water partition coefficient (Wildman–Crippen LogP) is 1.68. The van der Waals surface area contributed by atoms with Crippen molar-refractivity contribution in [1.29, 1.82) is 0 Å². The first-order valence-electron chi connectivity index (χ1n) is 7.99. The van der Waals surface area contributed by atoms with Gasteiger partial charge in [0.25, 0.3) is 0 Å². The van der Waals surface area contributed by atoms with Gasteiger partial charge in [0.15, 0.2) is 6.61 Å². The molecule has 9 nitrogen and oxygen atoms in total. The monoisotopic (exact) mass is 425 g/mol. The number of hydrogen-bond acceptors (Lipinski definition) is 7. The number of ether oxygens (including phenoxy) is 1. The van der Waals surface area contributed by atoms with Crippen LogP contribution in [-0.2, 0) is 14.4 Å². The molecule has 148 valence electrons. The Morgan fingerprint density at radius 2 is 1.89 bits per heavy atom. The third kappa shape index (κ3) is 3.62. The maximum absolute atomic E-state index is 12.3. The number of hydrogen-bond donors (Lipinski definition) is 4. The molecule has 1 aliphatic heterocycles. The molecule has 0 aliphatic carbocycles. The summed E-state index contributed by atoms with van der Waals surface area (Å²) >= 11 is 1.90. The van der Waals surface area contributed by atoms with Gasteiger partial charge in [-0.2, -0.15) is 0 Å². The number of nitrogens with one attached hydrogen (secondary N) is 1. The first-order chi connectivity index (χ1) is 13.2. The molecule has 4 N–H and O–H groups in total. The highest BCUT2D eigenvalue weighted by Crippen LogP contribution is 2.55. The van der Waals surface area contributed by atoms with Gasteiger partial charge in [-0.15, -0.1) is 11.8 Å². The van der Waals surface area contributed by atoms with Gasteiger partial charge in [-0.3, -0.25) is 14.4 Å². The van der Waals surface area contributed by atoms with Crippen LogP contribution in [0.1, 0.15) is 22.8 Å². The van der Waals surface area contributed by atoms with Gasteiger partial charge >= 0.3 is 22.8 Å². The van der Waals surface area contributed by atoms with E-state index in [1.54, 1.807) is 18.2 Å². The summed E-state index contributed by atoms with van der Waals surface area (Å²) in [7, 11) is 0. The highest BCUT2D eigenvalue weighted by Gasteiger charge is 2.54. The summed E-state index contributed by atoms with van der Waals surface area (Å²) < 4.78 is 5.32. The number of thiazole rings is 1. The first kappa shape index (κ1) is 20.0. The fourth-order valence-corrected chi connectivity index (χ4v) is 5.82. The van der Waals surface area contributed by atoms with Gasteiger partial charge in [0.1, 0.15) is 5.75 Å². The number of aromatic amines is 1. The van der Waals surface area contributed by atoms with Crippen molar-refractivity contribution >= 4 is 41.0 Å². The number of para-hydroxylation sites is 1. The second-order valence-corrected chi connectivity index (χ2v) is 8.18. The van der Waals surface area contributed by atoms with E-state index in [9.17, 15) is 29.4 Å². The molecule has 1 aromatic carbocycles. The number of rotatable bonds is 7. The van der Waals surface area contributed by atoms with Crippen molar-refractivity contribution in [3.05, 3.63) is 44.4 Å². The standard InChI is InChI=1S/C17H15NO8S2/c19-10(20)5-17(15(23)24)7-27-14-13(28-16(25)18-14)12(17)8-3-1-2-4-9(8)26-6-11(21)22/h1-4,12H,5-7H2,(H,18,25)(H,19,20)(H,21,22)(H,23,24)/t12-,17+/m1/s1. The van der Waals surface area contributed by atoms with Crippen molar-refractivity contribution in [3.63, 3.8) is 0 Å². The minimum absolute atomic E-state index is 0.0771. The molecule has 0 spiro atoms. The normalized spacial score (nSPS) is 20.9. The zero-order chi connectivity index (χ0) is 20.5. The molecule has 0 saturated carbocycles. The lowest BCUT2D eigenvalue weighted by molar-refractivity contribution is -0.155. The highest BCUT2D eigenvalue weighted by atomic mass is 32.2. The molecule has 0 unspecified atom stereocenters. The zero-order valence-electron chi connectivity index (χ0n) is 14.2. The third-order valence-corrected chi connectivity index (χ3v) is 6.75. The molecule has 11 heteroatoms. The summed E-state index contributed by atoms with van der Waals surface area (Å²) in [6.45, 7) is -0.645. The Morgan fingerprint density at radius 3 is 2.54 bits per heavy atom. The van der Waals surface area contributed by atoms with E-state index in [2.05, 4.69) is 4.98 Å². The van der Waals surface area contributed by atoms with Gasteiger partial charge in [-0.05, 0) is 6.07 Å². The van der Waals surface area contributed by atoms with Crippen LogP contribution >= 0.6 is 23.1 Å². The van der Waals surface area contributed by atoms with Gasteiger partial charge in [-0.1, -0.05) is 29.5 Å². The topological polar surface area (TPSA) is 154 Å². The largest absolute Gasteiger partial charge is 0.482 e. The van der Waals surface area contributed by atoms with Crippen LogP contribution in [0, 0.1) is 5.41 Å². The van der Waals surface area contributed by atoms with Gasteiger partial charge in [0, 0.05) is 22.1 Å². The lowest BCUT2D eigenvalue weighted by Crippen LogP contribution is -2.44. The lowest BCUT2D eigenvalue weighted by atomic mass is 9.70. The zero-order valence-corrected chi connectivity index (χ0v) is 15.8. The van der Waals surface area contributed by atoms with Crippen LogP contribution in [0.25, 0.3) is 0 Å². The van der Waals surface area contributed by atoms with E-state index in [1.807, 2.05) is 0 Å². The molecule has 28 heavy (non-hydrogen) atoms. The van der Waals surface area contributed by atoms with Crippen LogP contribution in [0.15, 0.2) is 34.1 Å². The number of carboxylic acid groups (broad SMARTS) is 3. The molecule has 0 fully saturated rings. The summed E-state index contributed by atoms with van der Waals surface area (Å²) in [5.41, 5.74) is -1.42. The summed E-state index contributed by atoms with van der Waals surface area (Å²) in [4.78, 5) is 49.3. The Kier molecular flexibility index (Phi) is 5.47. The highest BCUT2D eigenvalue weighted by molar-refractivity contribution is 7.99. The molecule has 0 bridgehead atoms. The molecule has 0 amide bonds. The van der Waals surface area contributed by atoms with Crippen molar-refractivity contribution in [2.45, 2.75) is 17.4 Å². The van der Waals surface area contributed by atoms with Gasteiger partial charge in [0.05, 0.1) is 16.9 Å². The molecule has 0 saturated heterocycles. The van der Waals surface area contributed by atoms with Crippen molar-refractivity contribution in [3.8, 4) is 5.75 Å². The first-order valence-corrected chi connectivity index (χ1v) is 9.79. The SMILES string of the molecule is O=C(O)COc1ccccc1[C@@H]1c2sc(=O)[nH]c2SC[C@]1(CC(=O)O)C(=O)O. The molecule has 2 heterocycles. The molecule has 3 rings (SSSR count). The number of carbonyl (C=O) groups is 3. The van der Waals surface area contributed by atoms with Gasteiger partial charge in [0.2, 0.25) is 0 Å². The number of benzene rings is 1. The summed E-state index contributed by atoms with van der Waals surface area (Å²) in [6.07, 6.45) is -0.668. The molecule has 1 aromatic heterocycles. The quantitative estimate of drug-likeness (QED) is 0.519. The van der Waals surface area contributed by atoms with E-state index < -0.39 is 42.3 Å². The number of fused-ring (bicyclic) bond motifs is 1. The van der Waals surface area contributed by atoms with Crippen molar-refractivity contribution in [2.75, 3.05) is 12.4 Å². The van der Waals surface area contributed by atoms with Crippen LogP contribution in [0.2, 0.25) is 0 Å². The minimum Gasteiger partial charge on any atom is -0.482 e. The van der Waals surface area contributed by atoms with E-state index in [4.69, 9.17) is 9.84 Å².